The zero-order valence-electron chi connectivity index (χ0n) is 20.2. The van der Waals surface area contributed by atoms with Gasteiger partial charge in [-0.25, -0.2) is 0 Å². The van der Waals surface area contributed by atoms with Gasteiger partial charge in [0.2, 0.25) is 5.78 Å². The number of unbranched alkanes of at least 4 members (excludes halogenated alkanes) is 1. The average molecular weight is 457 g/mol. The van der Waals surface area contributed by atoms with Gasteiger partial charge in [-0.2, -0.15) is 0 Å². The van der Waals surface area contributed by atoms with Crippen molar-refractivity contribution < 1.29 is 29.0 Å². The van der Waals surface area contributed by atoms with Crippen LogP contribution in [0.1, 0.15) is 72.6 Å². The van der Waals surface area contributed by atoms with Crippen molar-refractivity contribution in [1.82, 2.24) is 0 Å². The van der Waals surface area contributed by atoms with Crippen LogP contribution in [0.2, 0.25) is 0 Å². The SMILES string of the molecule is CCCCC(=O)O[C@@]1(C(=O)CO)[C@H](C)C[C@H]2[C@@H]3CCC4=CC(=O)C=C[C@]4(C)[C@@]34O[C@H]4C[C@@]21C. The monoisotopic (exact) mass is 456 g/mol. The molecular formula is C27H36O6. The molecule has 6 nitrogen and oxygen atoms in total. The van der Waals surface area contributed by atoms with Crippen LogP contribution in [-0.4, -0.2) is 46.6 Å². The maximum Gasteiger partial charge on any atom is 0.306 e. The van der Waals surface area contributed by atoms with Crippen LogP contribution in [0, 0.1) is 28.6 Å². The molecular weight excluding hydrogens is 420 g/mol. The van der Waals surface area contributed by atoms with E-state index in [1.807, 2.05) is 19.9 Å². The zero-order valence-corrected chi connectivity index (χ0v) is 20.2. The third kappa shape index (κ3) is 2.71. The second-order valence-corrected chi connectivity index (χ2v) is 11.4. The summed E-state index contributed by atoms with van der Waals surface area (Å²) in [7, 11) is 0. The fraction of sp³-hybridized carbons (Fsp3) is 0.741. The molecule has 1 spiro atoms. The predicted molar refractivity (Wildman–Crippen MR) is 121 cm³/mol. The number of hydrogen-bond acceptors (Lipinski definition) is 6. The number of allylic oxidation sites excluding steroid dienone is 2. The van der Waals surface area contributed by atoms with Gasteiger partial charge >= 0.3 is 5.97 Å². The van der Waals surface area contributed by atoms with E-state index in [1.165, 1.54) is 0 Å². The Morgan fingerprint density at radius 3 is 2.73 bits per heavy atom. The lowest BCUT2D eigenvalue weighted by atomic mass is 9.46. The smallest absolute Gasteiger partial charge is 0.306 e. The molecule has 1 heterocycles. The van der Waals surface area contributed by atoms with E-state index in [0.717, 1.165) is 31.3 Å². The first-order valence-corrected chi connectivity index (χ1v) is 12.6. The second kappa shape index (κ2) is 7.35. The lowest BCUT2D eigenvalue weighted by Crippen LogP contribution is -2.63. The standard InChI is InChI=1S/C27H36O6/c1-5-6-7-23(31)33-26(21(30)15-28)16(2)12-20-19-9-8-17-13-18(29)10-11-24(17,3)27(19)22(32-27)14-25(20,26)4/h10-11,13,16,19-20,22,28H,5-9,12,14-15H2,1-4H3/t16-,19+,20+,22+,24+,25+,26-,27-/m1/s1. The summed E-state index contributed by atoms with van der Waals surface area (Å²) in [5, 5.41) is 9.98. The quantitative estimate of drug-likeness (QED) is 0.484. The van der Waals surface area contributed by atoms with Crippen molar-refractivity contribution in [3.63, 3.8) is 0 Å². The van der Waals surface area contributed by atoms with Gasteiger partial charge in [0.25, 0.3) is 0 Å². The number of ketones is 2. The lowest BCUT2D eigenvalue weighted by Gasteiger charge is -2.56. The van der Waals surface area contributed by atoms with Crippen molar-refractivity contribution in [2.75, 3.05) is 6.61 Å². The van der Waals surface area contributed by atoms with Crippen LogP contribution in [0.4, 0.5) is 0 Å². The third-order valence-corrected chi connectivity index (χ3v) is 10.0. The molecule has 0 aromatic rings. The summed E-state index contributed by atoms with van der Waals surface area (Å²) in [6.45, 7) is 7.65. The van der Waals surface area contributed by atoms with Gasteiger partial charge in [0.05, 0.1) is 6.10 Å². The minimum atomic E-state index is -1.33. The summed E-state index contributed by atoms with van der Waals surface area (Å²) >= 11 is 0. The van der Waals surface area contributed by atoms with Crippen molar-refractivity contribution in [3.8, 4) is 0 Å². The van der Waals surface area contributed by atoms with Crippen LogP contribution in [0.5, 0.6) is 0 Å². The molecule has 0 radical (unpaired) electrons. The highest BCUT2D eigenvalue weighted by molar-refractivity contribution is 6.01. The summed E-state index contributed by atoms with van der Waals surface area (Å²) in [6.07, 6.45) is 10.4. The fourth-order valence-corrected chi connectivity index (χ4v) is 8.51. The van der Waals surface area contributed by atoms with E-state index < -0.39 is 17.6 Å². The predicted octanol–water partition coefficient (Wildman–Crippen LogP) is 3.71. The molecule has 6 heteroatoms. The van der Waals surface area contributed by atoms with Gasteiger partial charge in [-0.15, -0.1) is 0 Å². The van der Waals surface area contributed by atoms with Crippen molar-refractivity contribution in [3.05, 3.63) is 23.8 Å². The first-order chi connectivity index (χ1) is 15.6. The highest BCUT2D eigenvalue weighted by atomic mass is 16.6. The largest absolute Gasteiger partial charge is 0.450 e. The number of aliphatic hydroxyl groups is 1. The number of Topliss-reactive ketones (excluding diaryl/α,β-unsaturated/α-hetero) is 1. The Labute approximate surface area is 195 Å². The van der Waals surface area contributed by atoms with E-state index in [0.29, 0.717) is 12.8 Å². The average Bonchev–Trinajstić information content (AvgIpc) is 3.45. The van der Waals surface area contributed by atoms with E-state index in [2.05, 4.69) is 13.8 Å². The first-order valence-electron chi connectivity index (χ1n) is 12.6. The minimum Gasteiger partial charge on any atom is -0.450 e. The molecule has 5 rings (SSSR count). The molecule has 0 aromatic carbocycles. The summed E-state index contributed by atoms with van der Waals surface area (Å²) < 4.78 is 12.7. The van der Waals surface area contributed by atoms with Crippen LogP contribution in [0.3, 0.4) is 0 Å². The number of aliphatic hydroxyl groups excluding tert-OH is 1. The summed E-state index contributed by atoms with van der Waals surface area (Å²) in [6, 6.07) is 0. The van der Waals surface area contributed by atoms with Gasteiger partial charge in [-0.1, -0.05) is 38.8 Å². The number of hydrogen-bond donors (Lipinski definition) is 1. The molecule has 180 valence electrons. The van der Waals surface area contributed by atoms with Gasteiger partial charge in [-0.05, 0) is 63.0 Å². The molecule has 4 aliphatic carbocycles. The van der Waals surface area contributed by atoms with Crippen LogP contribution < -0.4 is 0 Å². The molecule has 33 heavy (non-hydrogen) atoms. The number of fused-ring (bicyclic) bond motifs is 3. The topological polar surface area (TPSA) is 93.2 Å². The molecule has 1 saturated heterocycles. The van der Waals surface area contributed by atoms with E-state index in [-0.39, 0.29) is 58.8 Å². The number of carbonyl (C=O) groups is 3. The zero-order chi connectivity index (χ0) is 23.8. The third-order valence-electron chi connectivity index (χ3n) is 10.0. The fourth-order valence-electron chi connectivity index (χ4n) is 8.51. The molecule has 0 aromatic heterocycles. The Hall–Kier alpha value is -1.79. The van der Waals surface area contributed by atoms with Gasteiger partial charge in [0.1, 0.15) is 12.2 Å². The summed E-state index contributed by atoms with van der Waals surface area (Å²) in [5.74, 6) is -0.549. The number of esters is 1. The molecule has 4 fully saturated rings. The van der Waals surface area contributed by atoms with Crippen molar-refractivity contribution in [2.24, 2.45) is 28.6 Å². The van der Waals surface area contributed by atoms with Gasteiger partial charge < -0.3 is 14.6 Å². The molecule has 1 N–H and O–H groups in total. The van der Waals surface area contributed by atoms with Crippen molar-refractivity contribution >= 4 is 17.5 Å². The molecule has 0 unspecified atom stereocenters. The lowest BCUT2D eigenvalue weighted by molar-refractivity contribution is -0.193. The second-order valence-electron chi connectivity index (χ2n) is 11.4. The minimum absolute atomic E-state index is 0.0382. The first kappa shape index (κ1) is 23.0. The van der Waals surface area contributed by atoms with Gasteiger partial charge in [-0.3, -0.25) is 14.4 Å². The van der Waals surface area contributed by atoms with Crippen LogP contribution in [0.25, 0.3) is 0 Å². The van der Waals surface area contributed by atoms with Crippen molar-refractivity contribution in [1.29, 1.82) is 0 Å². The van der Waals surface area contributed by atoms with Gasteiger partial charge in [0.15, 0.2) is 11.4 Å². The Kier molecular flexibility index (Phi) is 5.12. The van der Waals surface area contributed by atoms with Crippen molar-refractivity contribution in [2.45, 2.75) is 89.9 Å². The van der Waals surface area contributed by atoms with Crippen LogP contribution in [-0.2, 0) is 23.9 Å². The van der Waals surface area contributed by atoms with Crippen LogP contribution in [0.15, 0.2) is 23.8 Å². The summed E-state index contributed by atoms with van der Waals surface area (Å²) in [4.78, 5) is 38.3. The van der Waals surface area contributed by atoms with Crippen LogP contribution >= 0.6 is 0 Å². The highest BCUT2D eigenvalue weighted by Crippen LogP contribution is 2.76. The Balaban J connectivity index is 1.55. The highest BCUT2D eigenvalue weighted by Gasteiger charge is 2.82. The molecule has 0 amide bonds. The maximum absolute atomic E-state index is 13.4. The molecule has 3 saturated carbocycles. The summed E-state index contributed by atoms with van der Waals surface area (Å²) in [5.41, 5.74) is -1.49. The Morgan fingerprint density at radius 1 is 1.27 bits per heavy atom. The maximum atomic E-state index is 13.4. The van der Waals surface area contributed by atoms with E-state index in [9.17, 15) is 19.5 Å². The number of ether oxygens (including phenoxy) is 2. The van der Waals surface area contributed by atoms with E-state index >= 15 is 0 Å². The number of rotatable bonds is 6. The van der Waals surface area contributed by atoms with E-state index in [4.69, 9.17) is 9.47 Å². The molecule has 8 atom stereocenters. The molecule has 5 aliphatic rings. The Morgan fingerprint density at radius 2 is 2.03 bits per heavy atom. The molecule has 0 bridgehead atoms. The number of epoxide rings is 1. The van der Waals surface area contributed by atoms with Gasteiger partial charge in [0, 0.05) is 23.2 Å². The van der Waals surface area contributed by atoms with E-state index in [1.54, 1.807) is 12.2 Å². The number of carbonyl (C=O) groups excluding carboxylic acids is 3. The molecule has 1 aliphatic heterocycles. The Bertz CT molecular complexity index is 966. The normalized spacial score (nSPS) is 47.1.